The molecule has 2 nitrogen and oxygen atoms in total. The Balaban J connectivity index is 2.83. The molecule has 102 valence electrons. The molecule has 0 bridgehead atoms. The van der Waals surface area contributed by atoms with Crippen molar-refractivity contribution in [1.29, 1.82) is 0 Å². The monoisotopic (exact) mass is 248 g/mol. The summed E-state index contributed by atoms with van der Waals surface area (Å²) in [7, 11) is 0. The molecule has 2 N–H and O–H groups in total. The van der Waals surface area contributed by atoms with Crippen molar-refractivity contribution in [1.82, 2.24) is 0 Å². The minimum absolute atomic E-state index is 0.727. The topological polar surface area (TPSA) is 29.3 Å². The fourth-order valence-corrected chi connectivity index (χ4v) is 2.24. The Morgan fingerprint density at radius 3 is 2.50 bits per heavy atom. The lowest BCUT2D eigenvalue weighted by Crippen LogP contribution is -2.28. The van der Waals surface area contributed by atoms with Gasteiger partial charge in [0.1, 0.15) is 0 Å². The quantitative estimate of drug-likeness (QED) is 0.801. The van der Waals surface area contributed by atoms with E-state index in [0.717, 1.165) is 32.0 Å². The molecular weight excluding hydrogens is 220 g/mol. The van der Waals surface area contributed by atoms with Gasteiger partial charge in [0.2, 0.25) is 0 Å². The molecule has 1 atom stereocenters. The van der Waals surface area contributed by atoms with Gasteiger partial charge in [-0.2, -0.15) is 0 Å². The molecule has 0 amide bonds. The second-order valence-electron chi connectivity index (χ2n) is 5.20. The van der Waals surface area contributed by atoms with Gasteiger partial charge in [-0.3, -0.25) is 0 Å². The minimum atomic E-state index is 0.727. The summed E-state index contributed by atoms with van der Waals surface area (Å²) in [4.78, 5) is 2.47. The van der Waals surface area contributed by atoms with E-state index in [2.05, 4.69) is 50.8 Å². The standard InChI is InChI=1S/C16H28N2/c1-5-13(3)12-18(6-2)16-8-7-15(9-10-17)14(4)11-16/h7-8,11,13H,5-6,9-10,12,17H2,1-4H3. The van der Waals surface area contributed by atoms with Crippen LogP contribution in [0.2, 0.25) is 0 Å². The van der Waals surface area contributed by atoms with Crippen LogP contribution in [0.1, 0.15) is 38.3 Å². The van der Waals surface area contributed by atoms with Gasteiger partial charge >= 0.3 is 0 Å². The second-order valence-corrected chi connectivity index (χ2v) is 5.20. The Kier molecular flexibility index (Phi) is 6.20. The first-order valence-corrected chi connectivity index (χ1v) is 7.16. The van der Waals surface area contributed by atoms with Crippen molar-refractivity contribution in [3.63, 3.8) is 0 Å². The Labute approximate surface area is 112 Å². The van der Waals surface area contributed by atoms with Crippen molar-refractivity contribution in [3.8, 4) is 0 Å². The highest BCUT2D eigenvalue weighted by Gasteiger charge is 2.09. The van der Waals surface area contributed by atoms with Crippen LogP contribution in [0.3, 0.4) is 0 Å². The number of nitrogens with zero attached hydrogens (tertiary/aromatic N) is 1. The molecule has 1 unspecified atom stereocenters. The number of anilines is 1. The number of rotatable bonds is 7. The maximum Gasteiger partial charge on any atom is 0.0369 e. The van der Waals surface area contributed by atoms with E-state index in [0.29, 0.717) is 0 Å². The van der Waals surface area contributed by atoms with E-state index in [9.17, 15) is 0 Å². The molecule has 1 rings (SSSR count). The van der Waals surface area contributed by atoms with Crippen LogP contribution < -0.4 is 10.6 Å². The number of benzene rings is 1. The zero-order valence-electron chi connectivity index (χ0n) is 12.4. The summed E-state index contributed by atoms with van der Waals surface area (Å²) in [6.07, 6.45) is 2.21. The predicted octanol–water partition coefficient (Wildman–Crippen LogP) is 3.37. The molecule has 0 fully saturated rings. The highest BCUT2D eigenvalue weighted by atomic mass is 15.1. The number of hydrogen-bond acceptors (Lipinski definition) is 2. The van der Waals surface area contributed by atoms with Gasteiger partial charge in [-0.15, -0.1) is 0 Å². The molecule has 0 aromatic heterocycles. The van der Waals surface area contributed by atoms with Gasteiger partial charge in [-0.05, 0) is 56.0 Å². The summed E-state index contributed by atoms with van der Waals surface area (Å²) in [6, 6.07) is 6.78. The summed E-state index contributed by atoms with van der Waals surface area (Å²) in [5.41, 5.74) is 9.71. The van der Waals surface area contributed by atoms with Crippen LogP contribution in [0.5, 0.6) is 0 Å². The van der Waals surface area contributed by atoms with Crippen molar-refractivity contribution in [2.24, 2.45) is 11.7 Å². The van der Waals surface area contributed by atoms with Crippen molar-refractivity contribution < 1.29 is 0 Å². The number of nitrogens with two attached hydrogens (primary N) is 1. The lowest BCUT2D eigenvalue weighted by molar-refractivity contribution is 0.548. The Bertz CT molecular complexity index is 360. The van der Waals surface area contributed by atoms with E-state index in [4.69, 9.17) is 5.73 Å². The lowest BCUT2D eigenvalue weighted by atomic mass is 10.0. The van der Waals surface area contributed by atoms with Crippen LogP contribution in [0, 0.1) is 12.8 Å². The highest BCUT2D eigenvalue weighted by Crippen LogP contribution is 2.21. The predicted molar refractivity (Wildman–Crippen MR) is 81.3 cm³/mol. The fraction of sp³-hybridized carbons (Fsp3) is 0.625. The highest BCUT2D eigenvalue weighted by molar-refractivity contribution is 5.50. The van der Waals surface area contributed by atoms with Crippen LogP contribution >= 0.6 is 0 Å². The molecule has 0 saturated heterocycles. The van der Waals surface area contributed by atoms with Crippen LogP contribution in [-0.2, 0) is 6.42 Å². The first-order chi connectivity index (χ1) is 8.62. The molecule has 0 aliphatic carbocycles. The lowest BCUT2D eigenvalue weighted by Gasteiger charge is -2.27. The van der Waals surface area contributed by atoms with E-state index in [1.54, 1.807) is 0 Å². The summed E-state index contributed by atoms with van der Waals surface area (Å²) in [5.74, 6) is 0.744. The number of hydrogen-bond donors (Lipinski definition) is 1. The van der Waals surface area contributed by atoms with E-state index >= 15 is 0 Å². The van der Waals surface area contributed by atoms with E-state index < -0.39 is 0 Å². The van der Waals surface area contributed by atoms with Gasteiger partial charge in [-0.1, -0.05) is 26.3 Å². The van der Waals surface area contributed by atoms with Gasteiger partial charge in [-0.25, -0.2) is 0 Å². The van der Waals surface area contributed by atoms with Gasteiger partial charge in [0.05, 0.1) is 0 Å². The Morgan fingerprint density at radius 1 is 1.28 bits per heavy atom. The maximum atomic E-state index is 5.63. The zero-order valence-corrected chi connectivity index (χ0v) is 12.4. The molecule has 0 saturated carbocycles. The normalized spacial score (nSPS) is 12.5. The summed E-state index contributed by atoms with van der Waals surface area (Å²) in [5, 5.41) is 0. The Morgan fingerprint density at radius 2 is 2.00 bits per heavy atom. The van der Waals surface area contributed by atoms with Crippen molar-refractivity contribution in [2.75, 3.05) is 24.5 Å². The molecule has 18 heavy (non-hydrogen) atoms. The van der Waals surface area contributed by atoms with E-state index in [1.807, 2.05) is 0 Å². The molecule has 0 spiro atoms. The summed E-state index contributed by atoms with van der Waals surface area (Å²) >= 11 is 0. The van der Waals surface area contributed by atoms with Gasteiger partial charge in [0, 0.05) is 18.8 Å². The van der Waals surface area contributed by atoms with E-state index in [1.165, 1.54) is 23.2 Å². The summed E-state index contributed by atoms with van der Waals surface area (Å²) < 4.78 is 0. The molecule has 0 aliphatic heterocycles. The third kappa shape index (κ3) is 4.02. The molecule has 1 aromatic rings. The van der Waals surface area contributed by atoms with E-state index in [-0.39, 0.29) is 0 Å². The molecular formula is C16H28N2. The molecule has 0 radical (unpaired) electrons. The zero-order chi connectivity index (χ0) is 13.5. The van der Waals surface area contributed by atoms with Gasteiger partial charge in [0.25, 0.3) is 0 Å². The van der Waals surface area contributed by atoms with Crippen LogP contribution in [0.25, 0.3) is 0 Å². The SMILES string of the molecule is CCC(C)CN(CC)c1ccc(CCN)c(C)c1. The second kappa shape index (κ2) is 7.42. The minimum Gasteiger partial charge on any atom is -0.372 e. The van der Waals surface area contributed by atoms with Crippen molar-refractivity contribution in [2.45, 2.75) is 40.5 Å². The average Bonchev–Trinajstić information content (AvgIpc) is 2.38. The molecule has 0 aliphatic rings. The fourth-order valence-electron chi connectivity index (χ4n) is 2.24. The van der Waals surface area contributed by atoms with Crippen molar-refractivity contribution in [3.05, 3.63) is 29.3 Å². The molecule has 2 heteroatoms. The summed E-state index contributed by atoms with van der Waals surface area (Å²) in [6.45, 7) is 11.9. The largest absolute Gasteiger partial charge is 0.372 e. The molecule has 0 heterocycles. The average molecular weight is 248 g/mol. The van der Waals surface area contributed by atoms with Crippen LogP contribution in [-0.4, -0.2) is 19.6 Å². The maximum absolute atomic E-state index is 5.63. The first kappa shape index (κ1) is 15.0. The Hall–Kier alpha value is -1.02. The van der Waals surface area contributed by atoms with Crippen molar-refractivity contribution >= 4 is 5.69 Å². The van der Waals surface area contributed by atoms with Crippen LogP contribution in [0.4, 0.5) is 5.69 Å². The third-order valence-corrected chi connectivity index (χ3v) is 3.72. The van der Waals surface area contributed by atoms with Gasteiger partial charge < -0.3 is 10.6 Å². The first-order valence-electron chi connectivity index (χ1n) is 7.16. The molecule has 1 aromatic carbocycles. The number of aryl methyl sites for hydroxylation is 1. The van der Waals surface area contributed by atoms with Crippen LogP contribution in [0.15, 0.2) is 18.2 Å². The smallest absolute Gasteiger partial charge is 0.0369 e. The van der Waals surface area contributed by atoms with Gasteiger partial charge in [0.15, 0.2) is 0 Å². The third-order valence-electron chi connectivity index (χ3n) is 3.72.